The summed E-state index contributed by atoms with van der Waals surface area (Å²) >= 11 is 0. The zero-order chi connectivity index (χ0) is 16.4. The molecule has 4 heteroatoms. The molecule has 0 aliphatic carbocycles. The van der Waals surface area contributed by atoms with Gasteiger partial charge in [0.2, 0.25) is 0 Å². The second-order valence-electron chi connectivity index (χ2n) is 6.46. The molecule has 0 amide bonds. The van der Waals surface area contributed by atoms with E-state index in [0.29, 0.717) is 19.3 Å². The molecule has 4 nitrogen and oxygen atoms in total. The molecule has 2 saturated heterocycles. The smallest absolute Gasteiger partial charge is 0.184 e. The average molecular weight is 325 g/mol. The van der Waals surface area contributed by atoms with Crippen molar-refractivity contribution >= 4 is 0 Å². The number of hydrogen-bond donors (Lipinski definition) is 0. The van der Waals surface area contributed by atoms with Crippen LogP contribution in [0.15, 0.2) is 48.5 Å². The van der Waals surface area contributed by atoms with Gasteiger partial charge in [0.15, 0.2) is 6.29 Å². The summed E-state index contributed by atoms with van der Waals surface area (Å²) in [7, 11) is 2.15. The van der Waals surface area contributed by atoms with Crippen LogP contribution >= 0.6 is 0 Å². The molecule has 0 radical (unpaired) electrons. The zero-order valence-electron chi connectivity index (χ0n) is 14.0. The number of likely N-dealkylation sites (tertiary alicyclic amines) is 1. The van der Waals surface area contributed by atoms with Crippen molar-refractivity contribution in [3.8, 4) is 16.9 Å². The quantitative estimate of drug-likeness (QED) is 0.842. The summed E-state index contributed by atoms with van der Waals surface area (Å²) in [5, 5.41) is 0. The molecule has 0 bridgehead atoms. The van der Waals surface area contributed by atoms with Gasteiger partial charge in [-0.3, -0.25) is 4.90 Å². The first-order valence-corrected chi connectivity index (χ1v) is 8.56. The van der Waals surface area contributed by atoms with E-state index in [-0.39, 0.29) is 6.29 Å². The molecule has 4 rings (SSSR count). The predicted molar refractivity (Wildman–Crippen MR) is 93.1 cm³/mol. The Morgan fingerprint density at radius 3 is 2.50 bits per heavy atom. The first-order valence-electron chi connectivity index (χ1n) is 8.56. The van der Waals surface area contributed by atoms with Gasteiger partial charge in [0, 0.05) is 11.6 Å². The Kier molecular flexibility index (Phi) is 4.52. The number of benzene rings is 2. The van der Waals surface area contributed by atoms with Crippen LogP contribution in [0.2, 0.25) is 0 Å². The molecule has 0 spiro atoms. The standard InChI is InChI=1S/C20H23NO3/c1-21-9-8-18(21)14-24-19-7-3-5-16(13-19)15-4-2-6-17(12-15)20-22-10-11-23-20/h2-7,12-13,18,20H,8-11,14H2,1H3/t18-/m0/s1. The summed E-state index contributed by atoms with van der Waals surface area (Å²) in [5.41, 5.74) is 3.36. The highest BCUT2D eigenvalue weighted by Crippen LogP contribution is 2.29. The molecule has 24 heavy (non-hydrogen) atoms. The van der Waals surface area contributed by atoms with E-state index in [4.69, 9.17) is 14.2 Å². The van der Waals surface area contributed by atoms with Crippen LogP contribution in [0, 0.1) is 0 Å². The normalized spacial score (nSPS) is 21.6. The van der Waals surface area contributed by atoms with Gasteiger partial charge in [-0.05, 0) is 49.3 Å². The molecule has 2 aliphatic heterocycles. The van der Waals surface area contributed by atoms with E-state index in [1.165, 1.54) is 13.0 Å². The number of hydrogen-bond acceptors (Lipinski definition) is 4. The highest BCUT2D eigenvalue weighted by molar-refractivity contribution is 5.65. The van der Waals surface area contributed by atoms with Crippen LogP contribution in [0.3, 0.4) is 0 Å². The van der Waals surface area contributed by atoms with Crippen molar-refractivity contribution in [2.75, 3.05) is 33.4 Å². The third-order valence-corrected chi connectivity index (χ3v) is 4.83. The largest absolute Gasteiger partial charge is 0.492 e. The lowest BCUT2D eigenvalue weighted by Crippen LogP contribution is -2.48. The third kappa shape index (κ3) is 3.31. The van der Waals surface area contributed by atoms with E-state index in [1.54, 1.807) is 0 Å². The summed E-state index contributed by atoms with van der Waals surface area (Å²) in [6.07, 6.45) is 0.984. The summed E-state index contributed by atoms with van der Waals surface area (Å²) in [4.78, 5) is 2.33. The van der Waals surface area contributed by atoms with Gasteiger partial charge in [-0.2, -0.15) is 0 Å². The number of nitrogens with zero attached hydrogens (tertiary/aromatic N) is 1. The average Bonchev–Trinajstić information content (AvgIpc) is 3.16. The lowest BCUT2D eigenvalue weighted by Gasteiger charge is -2.37. The van der Waals surface area contributed by atoms with E-state index in [9.17, 15) is 0 Å². The second-order valence-corrected chi connectivity index (χ2v) is 6.46. The van der Waals surface area contributed by atoms with Crippen LogP contribution in [0.1, 0.15) is 18.3 Å². The summed E-state index contributed by atoms with van der Waals surface area (Å²) < 4.78 is 17.2. The van der Waals surface area contributed by atoms with E-state index in [2.05, 4.69) is 36.2 Å². The highest BCUT2D eigenvalue weighted by atomic mass is 16.7. The topological polar surface area (TPSA) is 30.9 Å². The van der Waals surface area contributed by atoms with Gasteiger partial charge in [-0.1, -0.05) is 30.3 Å². The Balaban J connectivity index is 1.49. The Morgan fingerprint density at radius 2 is 1.79 bits per heavy atom. The van der Waals surface area contributed by atoms with Crippen LogP contribution in [0.25, 0.3) is 11.1 Å². The SMILES string of the molecule is CN1CC[C@H]1COc1cccc(-c2cccc(C3OCCO3)c2)c1. The summed E-state index contributed by atoms with van der Waals surface area (Å²) in [5.74, 6) is 0.923. The predicted octanol–water partition coefficient (Wildman–Crippen LogP) is 3.48. The number of rotatable bonds is 5. The van der Waals surface area contributed by atoms with Crippen molar-refractivity contribution in [3.05, 3.63) is 54.1 Å². The van der Waals surface area contributed by atoms with Crippen LogP contribution in [-0.4, -0.2) is 44.4 Å². The Morgan fingerprint density at radius 1 is 1.04 bits per heavy atom. The minimum absolute atomic E-state index is 0.237. The van der Waals surface area contributed by atoms with Gasteiger partial charge in [-0.25, -0.2) is 0 Å². The third-order valence-electron chi connectivity index (χ3n) is 4.83. The van der Waals surface area contributed by atoms with Crippen molar-refractivity contribution in [1.29, 1.82) is 0 Å². The van der Waals surface area contributed by atoms with Crippen LogP contribution in [0.5, 0.6) is 5.75 Å². The van der Waals surface area contributed by atoms with Crippen molar-refractivity contribution in [2.24, 2.45) is 0 Å². The van der Waals surface area contributed by atoms with Crippen molar-refractivity contribution < 1.29 is 14.2 Å². The molecule has 2 aromatic rings. The second kappa shape index (κ2) is 6.93. The highest BCUT2D eigenvalue weighted by Gasteiger charge is 2.24. The van der Waals surface area contributed by atoms with Gasteiger partial charge < -0.3 is 14.2 Å². The molecule has 126 valence electrons. The zero-order valence-corrected chi connectivity index (χ0v) is 14.0. The van der Waals surface area contributed by atoms with Crippen molar-refractivity contribution in [3.63, 3.8) is 0 Å². The van der Waals surface area contributed by atoms with E-state index < -0.39 is 0 Å². The summed E-state index contributed by atoms with van der Waals surface area (Å²) in [6.45, 7) is 3.25. The monoisotopic (exact) mass is 325 g/mol. The maximum absolute atomic E-state index is 5.98. The lowest BCUT2D eigenvalue weighted by molar-refractivity contribution is -0.0440. The van der Waals surface area contributed by atoms with Gasteiger partial charge in [0.25, 0.3) is 0 Å². The molecule has 2 aromatic carbocycles. The lowest BCUT2D eigenvalue weighted by atomic mass is 10.0. The molecule has 0 aromatic heterocycles. The minimum atomic E-state index is -0.237. The number of likely N-dealkylation sites (N-methyl/N-ethyl adjacent to an activating group) is 1. The maximum atomic E-state index is 5.98. The minimum Gasteiger partial charge on any atom is -0.492 e. The first-order chi connectivity index (χ1) is 11.8. The summed E-state index contributed by atoms with van der Waals surface area (Å²) in [6, 6.07) is 17.2. The van der Waals surface area contributed by atoms with Crippen molar-refractivity contribution in [2.45, 2.75) is 18.8 Å². The molecule has 2 aliphatic rings. The van der Waals surface area contributed by atoms with Gasteiger partial charge >= 0.3 is 0 Å². The fourth-order valence-corrected chi connectivity index (χ4v) is 3.15. The van der Waals surface area contributed by atoms with Crippen LogP contribution in [-0.2, 0) is 9.47 Å². The fourth-order valence-electron chi connectivity index (χ4n) is 3.15. The molecule has 1 atom stereocenters. The van der Waals surface area contributed by atoms with Crippen LogP contribution < -0.4 is 4.74 Å². The Hall–Kier alpha value is -1.88. The molecule has 0 N–H and O–H groups in total. The van der Waals surface area contributed by atoms with Gasteiger partial charge in [0.05, 0.1) is 13.2 Å². The Labute approximate surface area is 142 Å². The van der Waals surface area contributed by atoms with E-state index in [0.717, 1.165) is 29.0 Å². The van der Waals surface area contributed by atoms with E-state index >= 15 is 0 Å². The fraction of sp³-hybridized carbons (Fsp3) is 0.400. The van der Waals surface area contributed by atoms with Crippen LogP contribution in [0.4, 0.5) is 0 Å². The van der Waals surface area contributed by atoms with Crippen molar-refractivity contribution in [1.82, 2.24) is 4.90 Å². The molecule has 2 heterocycles. The van der Waals surface area contributed by atoms with Gasteiger partial charge in [-0.15, -0.1) is 0 Å². The molecule has 2 fully saturated rings. The molecule has 0 unspecified atom stereocenters. The molecule has 0 saturated carbocycles. The maximum Gasteiger partial charge on any atom is 0.184 e. The molecular weight excluding hydrogens is 302 g/mol. The van der Waals surface area contributed by atoms with Gasteiger partial charge in [0.1, 0.15) is 12.4 Å². The molecular formula is C20H23NO3. The number of ether oxygens (including phenoxy) is 3. The Bertz CT molecular complexity index is 697. The van der Waals surface area contributed by atoms with E-state index in [1.807, 2.05) is 24.3 Å². The first kappa shape index (κ1) is 15.6.